The van der Waals surface area contributed by atoms with Crippen LogP contribution in [0.25, 0.3) is 0 Å². The molecule has 0 radical (unpaired) electrons. The molecule has 2 fully saturated rings. The second-order valence-electron chi connectivity index (χ2n) is 6.49. The van der Waals surface area contributed by atoms with Crippen molar-refractivity contribution in [3.05, 3.63) is 0 Å². The van der Waals surface area contributed by atoms with Gasteiger partial charge >= 0.3 is 6.03 Å². The van der Waals surface area contributed by atoms with Crippen LogP contribution in [0.4, 0.5) is 4.79 Å². The van der Waals surface area contributed by atoms with E-state index < -0.39 is 0 Å². The van der Waals surface area contributed by atoms with Gasteiger partial charge in [-0.3, -0.25) is 0 Å². The summed E-state index contributed by atoms with van der Waals surface area (Å²) in [4.78, 5) is 14.2. The van der Waals surface area contributed by atoms with Gasteiger partial charge in [0.05, 0.1) is 6.10 Å². The third-order valence-electron chi connectivity index (χ3n) is 4.65. The summed E-state index contributed by atoms with van der Waals surface area (Å²) in [7, 11) is 0. The molecule has 1 heterocycles. The first-order valence-electron chi connectivity index (χ1n) is 8.33. The molecule has 0 spiro atoms. The number of carbonyl (C=O) groups is 1. The van der Waals surface area contributed by atoms with Gasteiger partial charge in [0.25, 0.3) is 0 Å². The Hall–Kier alpha value is -0.770. The highest BCUT2D eigenvalue weighted by atomic mass is 16.5. The van der Waals surface area contributed by atoms with Crippen LogP contribution in [0.2, 0.25) is 0 Å². The van der Waals surface area contributed by atoms with Crippen molar-refractivity contribution in [1.82, 2.24) is 10.2 Å². The fourth-order valence-corrected chi connectivity index (χ4v) is 3.58. The van der Waals surface area contributed by atoms with E-state index in [0.717, 1.165) is 45.0 Å². The van der Waals surface area contributed by atoms with Gasteiger partial charge in [-0.2, -0.15) is 0 Å². The monoisotopic (exact) mass is 282 g/mol. The van der Waals surface area contributed by atoms with Gasteiger partial charge in [-0.1, -0.05) is 19.8 Å². The molecule has 0 aromatic heterocycles. The van der Waals surface area contributed by atoms with E-state index in [1.54, 1.807) is 0 Å². The number of carbonyl (C=O) groups excluding carboxylic acids is 1. The number of nitrogens with zero attached hydrogens (tertiary/aromatic N) is 1. The number of ether oxygens (including phenoxy) is 1. The zero-order valence-electron chi connectivity index (χ0n) is 13.1. The molecule has 4 heteroatoms. The van der Waals surface area contributed by atoms with Crippen LogP contribution in [0, 0.1) is 11.8 Å². The van der Waals surface area contributed by atoms with Crippen LogP contribution in [-0.4, -0.2) is 43.3 Å². The molecule has 2 aliphatic rings. The van der Waals surface area contributed by atoms with Crippen molar-refractivity contribution in [2.24, 2.45) is 11.8 Å². The minimum Gasteiger partial charge on any atom is -0.377 e. The maximum atomic E-state index is 12.2. The molecule has 2 amide bonds. The number of urea groups is 1. The smallest absolute Gasteiger partial charge is 0.317 e. The Morgan fingerprint density at radius 1 is 1.30 bits per heavy atom. The van der Waals surface area contributed by atoms with E-state index in [4.69, 9.17) is 4.74 Å². The largest absolute Gasteiger partial charge is 0.377 e. The Morgan fingerprint density at radius 2 is 2.15 bits per heavy atom. The predicted octanol–water partition coefficient (Wildman–Crippen LogP) is 3.02. The summed E-state index contributed by atoms with van der Waals surface area (Å²) >= 11 is 0. The highest BCUT2D eigenvalue weighted by Gasteiger charge is 2.25. The van der Waals surface area contributed by atoms with Crippen LogP contribution < -0.4 is 5.32 Å². The first-order valence-corrected chi connectivity index (χ1v) is 8.33. The quantitative estimate of drug-likeness (QED) is 0.861. The fourth-order valence-electron chi connectivity index (χ4n) is 3.58. The normalized spacial score (nSPS) is 31.1. The van der Waals surface area contributed by atoms with Gasteiger partial charge in [0.2, 0.25) is 0 Å². The first-order chi connectivity index (χ1) is 9.69. The molecule has 20 heavy (non-hydrogen) atoms. The van der Waals surface area contributed by atoms with E-state index >= 15 is 0 Å². The number of amides is 2. The fraction of sp³-hybridized carbons (Fsp3) is 0.938. The molecular weight excluding hydrogens is 252 g/mol. The van der Waals surface area contributed by atoms with Gasteiger partial charge in [-0.05, 0) is 44.4 Å². The van der Waals surface area contributed by atoms with Gasteiger partial charge in [0, 0.05) is 26.2 Å². The molecule has 3 unspecified atom stereocenters. The van der Waals surface area contributed by atoms with Crippen molar-refractivity contribution in [1.29, 1.82) is 0 Å². The summed E-state index contributed by atoms with van der Waals surface area (Å²) in [6.07, 6.45) is 7.57. The van der Waals surface area contributed by atoms with E-state index in [-0.39, 0.29) is 12.1 Å². The molecule has 1 aliphatic heterocycles. The highest BCUT2D eigenvalue weighted by molar-refractivity contribution is 5.74. The molecule has 4 nitrogen and oxygen atoms in total. The maximum absolute atomic E-state index is 12.2. The van der Waals surface area contributed by atoms with Crippen LogP contribution in [0.3, 0.4) is 0 Å². The van der Waals surface area contributed by atoms with Crippen molar-refractivity contribution in [2.45, 2.75) is 58.5 Å². The molecule has 1 saturated carbocycles. The van der Waals surface area contributed by atoms with E-state index in [2.05, 4.69) is 12.2 Å². The van der Waals surface area contributed by atoms with Crippen molar-refractivity contribution >= 4 is 6.03 Å². The lowest BCUT2D eigenvalue weighted by Gasteiger charge is -2.33. The summed E-state index contributed by atoms with van der Waals surface area (Å²) in [5, 5.41) is 3.14. The topological polar surface area (TPSA) is 41.6 Å². The molecule has 0 bridgehead atoms. The van der Waals surface area contributed by atoms with Crippen molar-refractivity contribution in [2.75, 3.05) is 26.2 Å². The van der Waals surface area contributed by atoms with Crippen LogP contribution in [0.5, 0.6) is 0 Å². The molecule has 1 aliphatic carbocycles. The summed E-state index contributed by atoms with van der Waals surface area (Å²) in [5.41, 5.74) is 0. The van der Waals surface area contributed by atoms with Gasteiger partial charge in [-0.25, -0.2) is 4.79 Å². The van der Waals surface area contributed by atoms with E-state index in [0.29, 0.717) is 5.92 Å². The average Bonchev–Trinajstić information content (AvgIpc) is 2.45. The van der Waals surface area contributed by atoms with Gasteiger partial charge in [0.15, 0.2) is 0 Å². The Bertz CT molecular complexity index is 307. The third-order valence-corrected chi connectivity index (χ3v) is 4.65. The lowest BCUT2D eigenvalue weighted by molar-refractivity contribution is 0.0163. The number of hydrogen-bond donors (Lipinski definition) is 1. The number of likely N-dealkylation sites (tertiary alicyclic amines) is 1. The molecule has 0 aromatic rings. The van der Waals surface area contributed by atoms with Crippen molar-refractivity contribution < 1.29 is 9.53 Å². The Morgan fingerprint density at radius 3 is 2.90 bits per heavy atom. The van der Waals surface area contributed by atoms with E-state index in [1.807, 2.05) is 11.8 Å². The molecule has 3 atom stereocenters. The summed E-state index contributed by atoms with van der Waals surface area (Å²) < 4.78 is 5.65. The van der Waals surface area contributed by atoms with Crippen LogP contribution in [0.1, 0.15) is 52.4 Å². The SMILES string of the molecule is CCOC1CCCN(C(=O)NCC2CCCC(C)C2)C1. The minimum atomic E-state index is 0.104. The second kappa shape index (κ2) is 7.87. The molecule has 2 rings (SSSR count). The van der Waals surface area contributed by atoms with Gasteiger partial charge < -0.3 is 15.0 Å². The van der Waals surface area contributed by atoms with E-state index in [1.165, 1.54) is 25.7 Å². The van der Waals surface area contributed by atoms with Crippen LogP contribution in [-0.2, 0) is 4.74 Å². The molecular formula is C16H30N2O2. The Kier molecular flexibility index (Phi) is 6.14. The Balaban J connectivity index is 1.71. The first kappa shape index (κ1) is 15.6. The predicted molar refractivity (Wildman–Crippen MR) is 80.7 cm³/mol. The van der Waals surface area contributed by atoms with Crippen LogP contribution >= 0.6 is 0 Å². The number of nitrogens with one attached hydrogen (secondary N) is 1. The van der Waals surface area contributed by atoms with Gasteiger partial charge in [0.1, 0.15) is 0 Å². The standard InChI is InChI=1S/C16H30N2O2/c1-3-20-15-8-5-9-18(12-15)16(19)17-11-14-7-4-6-13(2)10-14/h13-15H,3-12H2,1-2H3,(H,17,19). The zero-order valence-corrected chi connectivity index (χ0v) is 13.1. The lowest BCUT2D eigenvalue weighted by Crippen LogP contribution is -2.48. The second-order valence-corrected chi connectivity index (χ2v) is 6.49. The Labute approximate surface area is 123 Å². The third kappa shape index (κ3) is 4.65. The number of piperidine rings is 1. The van der Waals surface area contributed by atoms with Crippen molar-refractivity contribution in [3.63, 3.8) is 0 Å². The summed E-state index contributed by atoms with van der Waals surface area (Å²) in [6, 6.07) is 0.104. The molecule has 0 aromatic carbocycles. The summed E-state index contributed by atoms with van der Waals surface area (Å²) in [5.74, 6) is 1.50. The number of rotatable bonds is 4. The maximum Gasteiger partial charge on any atom is 0.317 e. The van der Waals surface area contributed by atoms with Crippen molar-refractivity contribution in [3.8, 4) is 0 Å². The van der Waals surface area contributed by atoms with Gasteiger partial charge in [-0.15, -0.1) is 0 Å². The lowest BCUT2D eigenvalue weighted by atomic mass is 9.82. The minimum absolute atomic E-state index is 0.104. The highest BCUT2D eigenvalue weighted by Crippen LogP contribution is 2.28. The van der Waals surface area contributed by atoms with E-state index in [9.17, 15) is 4.79 Å². The molecule has 1 N–H and O–H groups in total. The summed E-state index contributed by atoms with van der Waals surface area (Å²) in [6.45, 7) is 7.55. The van der Waals surface area contributed by atoms with Crippen LogP contribution in [0.15, 0.2) is 0 Å². The molecule has 1 saturated heterocycles. The molecule has 116 valence electrons. The average molecular weight is 282 g/mol. The zero-order chi connectivity index (χ0) is 14.4. The number of hydrogen-bond acceptors (Lipinski definition) is 2.